The van der Waals surface area contributed by atoms with E-state index in [0.29, 0.717) is 23.5 Å². The molecule has 1 aromatic carbocycles. The van der Waals surface area contributed by atoms with Crippen molar-refractivity contribution in [1.29, 1.82) is 0 Å². The quantitative estimate of drug-likeness (QED) is 0.809. The van der Waals surface area contributed by atoms with E-state index in [1.54, 1.807) is 0 Å². The zero-order valence-corrected chi connectivity index (χ0v) is 13.5. The van der Waals surface area contributed by atoms with E-state index in [2.05, 4.69) is 38.2 Å². The predicted molar refractivity (Wildman–Crippen MR) is 87.8 cm³/mol. The molecule has 1 aliphatic carbocycles. The number of hydrogen-bond acceptors (Lipinski definition) is 2. The topological polar surface area (TPSA) is 29.1 Å². The van der Waals surface area contributed by atoms with Crippen molar-refractivity contribution in [2.75, 3.05) is 0 Å². The molecule has 0 heterocycles. The molecule has 0 aromatic heterocycles. The summed E-state index contributed by atoms with van der Waals surface area (Å²) < 4.78 is 0. The van der Waals surface area contributed by atoms with Crippen molar-refractivity contribution in [2.45, 2.75) is 53.0 Å². The van der Waals surface area contributed by atoms with Gasteiger partial charge in [0, 0.05) is 24.7 Å². The number of benzene rings is 1. The predicted octanol–water partition coefficient (Wildman–Crippen LogP) is 4.47. The van der Waals surface area contributed by atoms with Gasteiger partial charge in [-0.1, -0.05) is 57.5 Å². The molecule has 1 N–H and O–H groups in total. The van der Waals surface area contributed by atoms with Gasteiger partial charge in [-0.05, 0) is 29.7 Å². The molecule has 0 bridgehead atoms. The van der Waals surface area contributed by atoms with Crippen molar-refractivity contribution in [3.8, 4) is 0 Å². The van der Waals surface area contributed by atoms with E-state index in [0.717, 1.165) is 31.4 Å². The van der Waals surface area contributed by atoms with Crippen LogP contribution in [0.25, 0.3) is 0 Å². The van der Waals surface area contributed by atoms with E-state index in [9.17, 15) is 4.79 Å². The first-order chi connectivity index (χ1) is 10.0. The Bertz CT molecular complexity index is 502. The Balaban J connectivity index is 1.97. The Labute approximate surface area is 128 Å². The molecule has 1 saturated carbocycles. The molecule has 0 aliphatic heterocycles. The van der Waals surface area contributed by atoms with Crippen LogP contribution in [0.5, 0.6) is 0 Å². The monoisotopic (exact) mass is 285 g/mol. The van der Waals surface area contributed by atoms with Crippen LogP contribution in [-0.2, 0) is 11.3 Å². The second-order valence-corrected chi connectivity index (χ2v) is 6.74. The lowest BCUT2D eigenvalue weighted by Gasteiger charge is -2.36. The van der Waals surface area contributed by atoms with Crippen molar-refractivity contribution in [3.63, 3.8) is 0 Å². The van der Waals surface area contributed by atoms with Crippen LogP contribution in [0.2, 0.25) is 0 Å². The maximum absolute atomic E-state index is 12.1. The highest BCUT2D eigenvalue weighted by atomic mass is 16.1. The molecule has 0 radical (unpaired) electrons. The van der Waals surface area contributed by atoms with Gasteiger partial charge >= 0.3 is 0 Å². The van der Waals surface area contributed by atoms with Crippen molar-refractivity contribution in [2.24, 2.45) is 11.3 Å². The highest BCUT2D eigenvalue weighted by molar-refractivity contribution is 5.96. The number of ketones is 1. The van der Waals surface area contributed by atoms with Crippen LogP contribution >= 0.6 is 0 Å². The fourth-order valence-electron chi connectivity index (χ4n) is 2.93. The Hall–Kier alpha value is -1.57. The molecule has 1 aromatic rings. The summed E-state index contributed by atoms with van der Waals surface area (Å²) in [4.78, 5) is 12.1. The summed E-state index contributed by atoms with van der Waals surface area (Å²) in [6, 6.07) is 10.3. The van der Waals surface area contributed by atoms with Crippen LogP contribution in [0.15, 0.2) is 42.1 Å². The number of hydrogen-bond donors (Lipinski definition) is 1. The summed E-state index contributed by atoms with van der Waals surface area (Å²) >= 11 is 0. The third-order valence-electron chi connectivity index (χ3n) is 4.99. The lowest BCUT2D eigenvalue weighted by atomic mass is 9.68. The van der Waals surface area contributed by atoms with Gasteiger partial charge in [0.25, 0.3) is 0 Å². The Morgan fingerprint density at radius 3 is 2.67 bits per heavy atom. The van der Waals surface area contributed by atoms with Crippen LogP contribution in [0.3, 0.4) is 0 Å². The molecule has 2 nitrogen and oxygen atoms in total. The second-order valence-electron chi connectivity index (χ2n) is 6.74. The number of carbonyl (C=O) groups excluding carboxylic acids is 1. The number of Topliss-reactive ketones (excluding diaryl/α,β-unsaturated/α-hetero) is 1. The molecule has 0 amide bonds. The molecule has 0 spiro atoms. The summed E-state index contributed by atoms with van der Waals surface area (Å²) in [6.07, 6.45) is 5.77. The van der Waals surface area contributed by atoms with E-state index in [4.69, 9.17) is 0 Å². The second kappa shape index (κ2) is 6.93. The number of carbonyl (C=O) groups is 1. The first-order valence-electron chi connectivity index (χ1n) is 8.02. The highest BCUT2D eigenvalue weighted by Crippen LogP contribution is 2.40. The Kier molecular flexibility index (Phi) is 5.22. The lowest BCUT2D eigenvalue weighted by molar-refractivity contribution is -0.117. The number of rotatable bonds is 5. The van der Waals surface area contributed by atoms with Crippen molar-refractivity contribution in [3.05, 3.63) is 47.7 Å². The van der Waals surface area contributed by atoms with Gasteiger partial charge in [-0.25, -0.2) is 0 Å². The summed E-state index contributed by atoms with van der Waals surface area (Å²) in [6.45, 7) is 7.66. The van der Waals surface area contributed by atoms with Crippen LogP contribution < -0.4 is 5.32 Å². The van der Waals surface area contributed by atoms with Gasteiger partial charge < -0.3 is 5.32 Å². The first kappa shape index (κ1) is 15.8. The molecule has 1 atom stereocenters. The molecule has 0 saturated heterocycles. The van der Waals surface area contributed by atoms with Crippen LogP contribution in [0.4, 0.5) is 0 Å². The van der Waals surface area contributed by atoms with Crippen molar-refractivity contribution >= 4 is 5.78 Å². The summed E-state index contributed by atoms with van der Waals surface area (Å²) in [7, 11) is 0. The van der Waals surface area contributed by atoms with Gasteiger partial charge in [-0.15, -0.1) is 0 Å². The van der Waals surface area contributed by atoms with Gasteiger partial charge in [0.2, 0.25) is 0 Å². The number of nitrogens with one attached hydrogen (secondary N) is 1. The zero-order chi connectivity index (χ0) is 15.3. The molecule has 1 aliphatic rings. The highest BCUT2D eigenvalue weighted by Gasteiger charge is 2.33. The summed E-state index contributed by atoms with van der Waals surface area (Å²) in [5, 5.41) is 3.31. The molecule has 21 heavy (non-hydrogen) atoms. The molecule has 0 unspecified atom stereocenters. The molecular formula is C19H27NO. The van der Waals surface area contributed by atoms with Crippen molar-refractivity contribution in [1.82, 2.24) is 5.32 Å². The minimum absolute atomic E-state index is 0.318. The minimum Gasteiger partial charge on any atom is -0.386 e. The first-order valence-corrected chi connectivity index (χ1v) is 8.02. The maximum atomic E-state index is 12.1. The van der Waals surface area contributed by atoms with E-state index < -0.39 is 0 Å². The van der Waals surface area contributed by atoms with E-state index in [1.165, 1.54) is 5.56 Å². The van der Waals surface area contributed by atoms with Gasteiger partial charge in [0.05, 0.1) is 0 Å². The lowest BCUT2D eigenvalue weighted by Crippen LogP contribution is -2.30. The van der Waals surface area contributed by atoms with Gasteiger partial charge in [0.15, 0.2) is 5.78 Å². The van der Waals surface area contributed by atoms with Gasteiger partial charge in [0.1, 0.15) is 0 Å². The largest absolute Gasteiger partial charge is 0.386 e. The molecule has 2 rings (SSSR count). The fourth-order valence-corrected chi connectivity index (χ4v) is 2.93. The fraction of sp³-hybridized carbons (Fsp3) is 0.526. The van der Waals surface area contributed by atoms with E-state index >= 15 is 0 Å². The third-order valence-corrected chi connectivity index (χ3v) is 4.99. The molecular weight excluding hydrogens is 258 g/mol. The van der Waals surface area contributed by atoms with Crippen LogP contribution in [0, 0.1) is 11.3 Å². The van der Waals surface area contributed by atoms with Gasteiger partial charge in [-0.2, -0.15) is 0 Å². The van der Waals surface area contributed by atoms with Crippen LogP contribution in [-0.4, -0.2) is 5.78 Å². The Morgan fingerprint density at radius 2 is 2.00 bits per heavy atom. The zero-order valence-electron chi connectivity index (χ0n) is 13.5. The average molecular weight is 285 g/mol. The summed E-state index contributed by atoms with van der Waals surface area (Å²) in [5.41, 5.74) is 2.53. The SMILES string of the molecule is CCC(C)(C)[C@H]1CCC(=O)/C(=C/NCc2ccccc2)C1. The summed E-state index contributed by atoms with van der Waals surface area (Å²) in [5.74, 6) is 0.934. The molecule has 2 heteroatoms. The van der Waals surface area contributed by atoms with Crippen molar-refractivity contribution < 1.29 is 4.79 Å². The third kappa shape index (κ3) is 4.20. The average Bonchev–Trinajstić information content (AvgIpc) is 2.50. The molecule has 114 valence electrons. The minimum atomic E-state index is 0.318. The van der Waals surface area contributed by atoms with Crippen LogP contribution in [0.1, 0.15) is 52.0 Å². The van der Waals surface area contributed by atoms with E-state index in [-0.39, 0.29) is 0 Å². The maximum Gasteiger partial charge on any atom is 0.160 e. The van der Waals surface area contributed by atoms with Gasteiger partial charge in [-0.3, -0.25) is 4.79 Å². The molecule has 1 fully saturated rings. The van der Waals surface area contributed by atoms with E-state index in [1.807, 2.05) is 24.4 Å². The normalized spacial score (nSPS) is 21.6. The standard InChI is InChI=1S/C19H27NO/c1-4-19(2,3)17-10-11-18(21)16(12-17)14-20-13-15-8-6-5-7-9-15/h5-9,14,17,20H,4,10-13H2,1-3H3/b16-14+/t17-/m0/s1. The number of allylic oxidation sites excluding steroid dienone is 1. The Morgan fingerprint density at radius 1 is 1.29 bits per heavy atom. The smallest absolute Gasteiger partial charge is 0.160 e.